The number of hydrogen-bond donors (Lipinski definition) is 0. The molecule has 0 bridgehead atoms. The number of aryl methyl sites for hydroxylation is 1. The second-order valence-corrected chi connectivity index (χ2v) is 10.3. The smallest absolute Gasteiger partial charge is 0.157 e. The zero-order valence-corrected chi connectivity index (χ0v) is 21.4. The van der Waals surface area contributed by atoms with E-state index in [2.05, 4.69) is 25.4 Å². The molecule has 9 nitrogen and oxygen atoms in total. The summed E-state index contributed by atoms with van der Waals surface area (Å²) in [4.78, 5) is 19.3. The zero-order chi connectivity index (χ0) is 24.8. The van der Waals surface area contributed by atoms with Crippen LogP contribution in [0.4, 0.5) is 11.6 Å². The monoisotopic (exact) mass is 499 g/mol. The molecular formula is C28H33N7O2. The summed E-state index contributed by atoms with van der Waals surface area (Å²) in [6.45, 7) is 4.21. The second-order valence-electron chi connectivity index (χ2n) is 10.3. The van der Waals surface area contributed by atoms with Crippen LogP contribution in [-0.4, -0.2) is 64.5 Å². The number of nitrogens with zero attached hydrogens (tertiary/aromatic N) is 7. The van der Waals surface area contributed by atoms with Crippen molar-refractivity contribution in [3.05, 3.63) is 47.5 Å². The third-order valence-electron chi connectivity index (χ3n) is 8.12. The van der Waals surface area contributed by atoms with Gasteiger partial charge < -0.3 is 19.3 Å². The fraction of sp³-hybridized carbons (Fsp3) is 0.500. The number of piperidine rings is 1. The van der Waals surface area contributed by atoms with Gasteiger partial charge in [0.2, 0.25) is 0 Å². The number of anilines is 2. The number of methoxy groups -OCH3 is 1. The molecule has 37 heavy (non-hydrogen) atoms. The van der Waals surface area contributed by atoms with Crippen molar-refractivity contribution in [1.29, 1.82) is 0 Å². The maximum absolute atomic E-state index is 5.74. The average Bonchev–Trinajstić information content (AvgIpc) is 3.39. The van der Waals surface area contributed by atoms with E-state index in [4.69, 9.17) is 24.5 Å². The summed E-state index contributed by atoms with van der Waals surface area (Å²) in [6, 6.07) is 8.32. The second kappa shape index (κ2) is 9.45. The normalized spacial score (nSPS) is 20.4. The van der Waals surface area contributed by atoms with Gasteiger partial charge in [0.15, 0.2) is 5.65 Å². The largest absolute Gasteiger partial charge is 0.496 e. The molecule has 1 aromatic carbocycles. The molecule has 0 spiro atoms. The molecule has 1 unspecified atom stereocenters. The predicted molar refractivity (Wildman–Crippen MR) is 143 cm³/mol. The van der Waals surface area contributed by atoms with E-state index in [1.54, 1.807) is 13.4 Å². The fourth-order valence-electron chi connectivity index (χ4n) is 6.35. The Hall–Kier alpha value is -3.46. The standard InChI is InChI=1S/C28H33N7O2/c1-36-24-11-6-9-21-26(24)27(30-18-29-21)34-12-5-4-10-23(34)22-17-25-31-20-8-3-2-7-19(20)28(35(25)32-22)33-13-15-37-16-14-33/h6,9,11,17-18,23H,2-5,7-8,10,12-16H2,1H3. The minimum absolute atomic E-state index is 0.119. The Labute approximate surface area is 216 Å². The Morgan fingerprint density at radius 3 is 2.78 bits per heavy atom. The van der Waals surface area contributed by atoms with Crippen molar-refractivity contribution in [3.8, 4) is 5.75 Å². The van der Waals surface area contributed by atoms with E-state index in [1.165, 1.54) is 29.9 Å². The average molecular weight is 500 g/mol. The molecule has 0 amide bonds. The van der Waals surface area contributed by atoms with E-state index < -0.39 is 0 Å². The summed E-state index contributed by atoms with van der Waals surface area (Å²) in [7, 11) is 1.71. The van der Waals surface area contributed by atoms with Gasteiger partial charge in [-0.25, -0.2) is 15.0 Å². The van der Waals surface area contributed by atoms with E-state index >= 15 is 0 Å². The van der Waals surface area contributed by atoms with Crippen molar-refractivity contribution < 1.29 is 9.47 Å². The molecule has 3 aliphatic rings. The quantitative estimate of drug-likeness (QED) is 0.415. The number of ether oxygens (including phenoxy) is 2. The molecule has 7 rings (SSSR count). The summed E-state index contributed by atoms with van der Waals surface area (Å²) >= 11 is 0. The van der Waals surface area contributed by atoms with Gasteiger partial charge in [0, 0.05) is 37.0 Å². The topological polar surface area (TPSA) is 80.9 Å². The molecule has 0 N–H and O–H groups in total. The number of fused-ring (bicyclic) bond motifs is 3. The van der Waals surface area contributed by atoms with Gasteiger partial charge in [0.05, 0.1) is 43.0 Å². The predicted octanol–water partition coefficient (Wildman–Crippen LogP) is 4.13. The van der Waals surface area contributed by atoms with Crippen molar-refractivity contribution in [2.75, 3.05) is 49.8 Å². The van der Waals surface area contributed by atoms with Crippen molar-refractivity contribution >= 4 is 28.2 Å². The number of aromatic nitrogens is 5. The SMILES string of the molecule is COc1cccc2ncnc(N3CCCCC3c3cc4nc5c(c(N6CCOCC6)n4n3)CCCC5)c12. The van der Waals surface area contributed by atoms with Crippen LogP contribution in [0.25, 0.3) is 16.6 Å². The summed E-state index contributed by atoms with van der Waals surface area (Å²) in [6.07, 6.45) is 9.51. The first kappa shape index (κ1) is 22.7. The van der Waals surface area contributed by atoms with E-state index in [1.807, 2.05) is 18.2 Å². The van der Waals surface area contributed by atoms with E-state index in [-0.39, 0.29) is 6.04 Å². The molecule has 5 heterocycles. The third kappa shape index (κ3) is 3.87. The Balaban J connectivity index is 1.36. The van der Waals surface area contributed by atoms with Crippen LogP contribution in [0.15, 0.2) is 30.6 Å². The Morgan fingerprint density at radius 1 is 1.00 bits per heavy atom. The highest BCUT2D eigenvalue weighted by molar-refractivity contribution is 5.95. The molecule has 2 aliphatic heterocycles. The zero-order valence-electron chi connectivity index (χ0n) is 21.4. The highest BCUT2D eigenvalue weighted by Crippen LogP contribution is 2.40. The lowest BCUT2D eigenvalue weighted by Gasteiger charge is -2.36. The first-order valence-electron chi connectivity index (χ1n) is 13.6. The summed E-state index contributed by atoms with van der Waals surface area (Å²) in [5, 5.41) is 6.24. The van der Waals surface area contributed by atoms with Crippen LogP contribution in [0.1, 0.15) is 55.1 Å². The molecule has 192 valence electrons. The molecule has 1 aliphatic carbocycles. The lowest BCUT2D eigenvalue weighted by molar-refractivity contribution is 0.122. The highest BCUT2D eigenvalue weighted by Gasteiger charge is 2.31. The first-order chi connectivity index (χ1) is 18.3. The third-order valence-corrected chi connectivity index (χ3v) is 8.12. The minimum Gasteiger partial charge on any atom is -0.496 e. The van der Waals surface area contributed by atoms with E-state index in [0.29, 0.717) is 0 Å². The number of rotatable bonds is 4. The Morgan fingerprint density at radius 2 is 1.89 bits per heavy atom. The van der Waals surface area contributed by atoms with E-state index in [0.717, 1.165) is 98.8 Å². The first-order valence-corrected chi connectivity index (χ1v) is 13.6. The van der Waals surface area contributed by atoms with Crippen LogP contribution < -0.4 is 14.5 Å². The summed E-state index contributed by atoms with van der Waals surface area (Å²) in [5.41, 5.74) is 5.53. The molecule has 0 radical (unpaired) electrons. The molecule has 9 heteroatoms. The van der Waals surface area contributed by atoms with Gasteiger partial charge in [-0.05, 0) is 57.1 Å². The Kier molecular flexibility index (Phi) is 5.80. The van der Waals surface area contributed by atoms with Gasteiger partial charge in [0.25, 0.3) is 0 Å². The minimum atomic E-state index is 0.119. The van der Waals surface area contributed by atoms with Gasteiger partial charge >= 0.3 is 0 Å². The van der Waals surface area contributed by atoms with Crippen molar-refractivity contribution in [2.45, 2.75) is 51.0 Å². The number of benzene rings is 1. The van der Waals surface area contributed by atoms with Crippen LogP contribution >= 0.6 is 0 Å². The highest BCUT2D eigenvalue weighted by atomic mass is 16.5. The molecule has 2 fully saturated rings. The molecule has 3 aromatic heterocycles. The van der Waals surface area contributed by atoms with Crippen LogP contribution in [0, 0.1) is 0 Å². The fourth-order valence-corrected chi connectivity index (χ4v) is 6.35. The van der Waals surface area contributed by atoms with Gasteiger partial charge in [-0.15, -0.1) is 0 Å². The van der Waals surface area contributed by atoms with Gasteiger partial charge in [-0.2, -0.15) is 9.61 Å². The molecule has 1 atom stereocenters. The van der Waals surface area contributed by atoms with Gasteiger partial charge in [-0.3, -0.25) is 0 Å². The van der Waals surface area contributed by atoms with E-state index in [9.17, 15) is 0 Å². The van der Waals surface area contributed by atoms with Crippen LogP contribution in [0.2, 0.25) is 0 Å². The maximum Gasteiger partial charge on any atom is 0.157 e. The van der Waals surface area contributed by atoms with Crippen LogP contribution in [0.5, 0.6) is 5.75 Å². The summed E-state index contributed by atoms with van der Waals surface area (Å²) in [5.74, 6) is 2.95. The van der Waals surface area contributed by atoms with Crippen molar-refractivity contribution in [2.24, 2.45) is 0 Å². The lowest BCUT2D eigenvalue weighted by atomic mass is 9.96. The molecule has 4 aromatic rings. The van der Waals surface area contributed by atoms with Gasteiger partial charge in [-0.1, -0.05) is 6.07 Å². The number of morpholine rings is 1. The van der Waals surface area contributed by atoms with Crippen LogP contribution in [0.3, 0.4) is 0 Å². The van der Waals surface area contributed by atoms with Crippen LogP contribution in [-0.2, 0) is 17.6 Å². The van der Waals surface area contributed by atoms with Crippen molar-refractivity contribution in [3.63, 3.8) is 0 Å². The molecule has 0 saturated carbocycles. The maximum atomic E-state index is 5.74. The Bertz CT molecular complexity index is 1440. The lowest BCUT2D eigenvalue weighted by Crippen LogP contribution is -2.38. The summed E-state index contributed by atoms with van der Waals surface area (Å²) < 4.78 is 13.5. The number of hydrogen-bond acceptors (Lipinski definition) is 8. The molecule has 2 saturated heterocycles. The van der Waals surface area contributed by atoms with Crippen molar-refractivity contribution in [1.82, 2.24) is 24.6 Å². The van der Waals surface area contributed by atoms with Gasteiger partial charge in [0.1, 0.15) is 23.7 Å². The molecular weight excluding hydrogens is 466 g/mol.